The molecule has 0 unspecified atom stereocenters. The normalized spacial score (nSPS) is 13.5. The van der Waals surface area contributed by atoms with Crippen LogP contribution in [0.25, 0.3) is 21.8 Å². The highest BCUT2D eigenvalue weighted by atomic mass is 32.1. The largest absolute Gasteiger partial charge is 0.495 e. The van der Waals surface area contributed by atoms with E-state index < -0.39 is 41.0 Å². The number of hydrogen-bond donors (Lipinski definition) is 3. The summed E-state index contributed by atoms with van der Waals surface area (Å²) >= 11 is 1.15. The van der Waals surface area contributed by atoms with E-state index in [0.29, 0.717) is 34.0 Å². The van der Waals surface area contributed by atoms with Crippen LogP contribution >= 0.6 is 11.3 Å². The molecular weight excluding hydrogens is 711 g/mol. The van der Waals surface area contributed by atoms with Crippen LogP contribution in [0, 0.1) is 11.6 Å². The van der Waals surface area contributed by atoms with Crippen LogP contribution in [0.15, 0.2) is 66.9 Å². The second-order valence-corrected chi connectivity index (χ2v) is 12.5. The molecule has 0 spiro atoms. The topological polar surface area (TPSA) is 148 Å². The molecule has 270 valence electrons. The molecule has 3 heterocycles. The lowest BCUT2D eigenvalue weighted by Gasteiger charge is -2.34. The Bertz CT molecular complexity index is 2140. The number of alkyl halides is 3. The first-order chi connectivity index (χ1) is 24.8. The Kier molecular flexibility index (Phi) is 10.2. The van der Waals surface area contributed by atoms with Gasteiger partial charge in [0.25, 0.3) is 5.91 Å². The fourth-order valence-corrected chi connectivity index (χ4v) is 6.18. The summed E-state index contributed by atoms with van der Waals surface area (Å²) in [5, 5.41) is 5.76. The average Bonchev–Trinajstić information content (AvgIpc) is 3.51. The van der Waals surface area contributed by atoms with Crippen molar-refractivity contribution in [3.8, 4) is 33.3 Å². The summed E-state index contributed by atoms with van der Waals surface area (Å²) in [5.74, 6) is -7.52. The number of hydrogen-bond acceptors (Lipinski definition) is 12. The minimum Gasteiger partial charge on any atom is -0.495 e. The average molecular weight is 741 g/mol. The monoisotopic (exact) mass is 740 g/mol. The van der Waals surface area contributed by atoms with Crippen molar-refractivity contribution in [2.45, 2.75) is 6.18 Å². The number of amides is 1. The zero-order valence-corrected chi connectivity index (χ0v) is 28.2. The van der Waals surface area contributed by atoms with Crippen LogP contribution in [-0.4, -0.2) is 78.2 Å². The van der Waals surface area contributed by atoms with Gasteiger partial charge in [-0.05, 0) is 55.6 Å². The number of esters is 1. The third-order valence-corrected chi connectivity index (χ3v) is 8.83. The Morgan fingerprint density at radius 3 is 2.42 bits per heavy atom. The van der Waals surface area contributed by atoms with E-state index in [9.17, 15) is 31.5 Å². The number of halogens is 5. The van der Waals surface area contributed by atoms with E-state index in [2.05, 4.69) is 47.2 Å². The van der Waals surface area contributed by atoms with Crippen molar-refractivity contribution in [2.24, 2.45) is 0 Å². The highest BCUT2D eigenvalue weighted by Gasteiger charge is 2.42. The van der Waals surface area contributed by atoms with Crippen LogP contribution in [0.1, 0.15) is 10.4 Å². The van der Waals surface area contributed by atoms with Gasteiger partial charge >= 0.3 is 12.1 Å². The standard InChI is InChI=1S/C34H29F5N8O4S/c1-46-12-14-47(15-13-46)23-17-20(6-8-24(23)50-2)43-33-41-11-10-22(44-33)29-28(45-32(40)52-29)18-4-3-5-19(16-18)42-30(48)26-21(35)7-9-25(27(26)36)51-31(49)34(37,38)39/h3-11,16-17H,12-15H2,1-2H3,(H2,40,45)(H,42,48)(H,41,43,44). The van der Waals surface area contributed by atoms with E-state index in [4.69, 9.17) is 10.5 Å². The number of thiazole rings is 1. The number of methoxy groups -OCH3 is 1. The lowest BCUT2D eigenvalue weighted by molar-refractivity contribution is -0.189. The fraction of sp³-hybridized carbons (Fsp3) is 0.206. The van der Waals surface area contributed by atoms with Crippen molar-refractivity contribution in [1.82, 2.24) is 19.9 Å². The van der Waals surface area contributed by atoms with Gasteiger partial charge in [-0.2, -0.15) is 13.2 Å². The predicted octanol–water partition coefficient (Wildman–Crippen LogP) is 6.35. The highest BCUT2D eigenvalue weighted by Crippen LogP contribution is 2.39. The Morgan fingerprint density at radius 2 is 1.69 bits per heavy atom. The molecule has 12 nitrogen and oxygen atoms in total. The van der Waals surface area contributed by atoms with Gasteiger partial charge in [-0.1, -0.05) is 23.5 Å². The Labute approximate surface area is 297 Å². The molecule has 4 N–H and O–H groups in total. The fourth-order valence-electron chi connectivity index (χ4n) is 5.36. The number of nitrogens with one attached hydrogen (secondary N) is 2. The minimum atomic E-state index is -5.45. The first-order valence-corrected chi connectivity index (χ1v) is 16.3. The maximum Gasteiger partial charge on any atom is 0.491 e. The molecule has 52 heavy (non-hydrogen) atoms. The van der Waals surface area contributed by atoms with Gasteiger partial charge in [-0.3, -0.25) is 4.79 Å². The maximum atomic E-state index is 15.0. The van der Waals surface area contributed by atoms with Crippen molar-refractivity contribution < 1.29 is 41.0 Å². The summed E-state index contributed by atoms with van der Waals surface area (Å²) in [6.07, 6.45) is -3.88. The molecule has 5 aromatic rings. The molecule has 1 amide bonds. The molecule has 0 bridgehead atoms. The van der Waals surface area contributed by atoms with E-state index in [1.54, 1.807) is 25.4 Å². The summed E-state index contributed by atoms with van der Waals surface area (Å²) in [5.41, 5.74) is 7.86. The van der Waals surface area contributed by atoms with Gasteiger partial charge in [-0.15, -0.1) is 0 Å². The molecule has 0 saturated carbocycles. The summed E-state index contributed by atoms with van der Waals surface area (Å²) < 4.78 is 77.0. The SMILES string of the molecule is COc1ccc(Nc2nccc(-c3sc(N)nc3-c3cccc(NC(=O)c4c(F)ccc(OC(=O)C(F)(F)F)c4F)c3)n2)cc1N1CCN(C)CC1. The molecule has 1 fully saturated rings. The van der Waals surface area contributed by atoms with Crippen LogP contribution in [0.4, 0.5) is 50.1 Å². The summed E-state index contributed by atoms with van der Waals surface area (Å²) in [6.45, 7) is 3.51. The van der Waals surface area contributed by atoms with Gasteiger partial charge in [0, 0.05) is 49.3 Å². The second-order valence-electron chi connectivity index (χ2n) is 11.5. The summed E-state index contributed by atoms with van der Waals surface area (Å²) in [4.78, 5) is 42.7. The predicted molar refractivity (Wildman–Crippen MR) is 185 cm³/mol. The van der Waals surface area contributed by atoms with E-state index in [1.807, 2.05) is 18.2 Å². The van der Waals surface area contributed by atoms with Crippen molar-refractivity contribution >= 4 is 51.4 Å². The van der Waals surface area contributed by atoms with Gasteiger partial charge in [0.15, 0.2) is 16.7 Å². The molecule has 0 atom stereocenters. The molecule has 1 aliphatic heterocycles. The number of aromatic nitrogens is 3. The molecule has 0 radical (unpaired) electrons. The molecule has 1 saturated heterocycles. The number of benzene rings is 3. The quantitative estimate of drug-likeness (QED) is 0.0882. The third-order valence-electron chi connectivity index (χ3n) is 7.92. The smallest absolute Gasteiger partial charge is 0.491 e. The van der Waals surface area contributed by atoms with Gasteiger partial charge in [-0.25, -0.2) is 28.5 Å². The summed E-state index contributed by atoms with van der Waals surface area (Å²) in [6, 6.07) is 14.4. The first kappa shape index (κ1) is 35.9. The molecule has 18 heteroatoms. The van der Waals surface area contributed by atoms with Gasteiger partial charge < -0.3 is 35.6 Å². The van der Waals surface area contributed by atoms with Gasteiger partial charge in [0.2, 0.25) is 5.95 Å². The number of piperazine rings is 1. The van der Waals surface area contributed by atoms with E-state index in [1.165, 1.54) is 18.2 Å². The molecule has 2 aromatic heterocycles. The zero-order chi connectivity index (χ0) is 37.2. The van der Waals surface area contributed by atoms with Crippen LogP contribution in [-0.2, 0) is 4.79 Å². The number of rotatable bonds is 9. The highest BCUT2D eigenvalue weighted by molar-refractivity contribution is 7.19. The van der Waals surface area contributed by atoms with Crippen molar-refractivity contribution in [3.05, 3.63) is 84.1 Å². The maximum absolute atomic E-state index is 15.0. The number of nitrogen functional groups attached to an aromatic ring is 1. The number of ether oxygens (including phenoxy) is 2. The van der Waals surface area contributed by atoms with E-state index >= 15 is 0 Å². The van der Waals surface area contributed by atoms with E-state index in [0.717, 1.165) is 54.6 Å². The third kappa shape index (κ3) is 7.87. The molecular formula is C34H29F5N8O4S. The number of nitrogens with zero attached hydrogens (tertiary/aromatic N) is 5. The molecule has 3 aromatic carbocycles. The lowest BCUT2D eigenvalue weighted by atomic mass is 10.1. The number of carbonyl (C=O) groups is 2. The van der Waals surface area contributed by atoms with E-state index in [-0.39, 0.29) is 16.8 Å². The van der Waals surface area contributed by atoms with Crippen LogP contribution < -0.4 is 30.7 Å². The van der Waals surface area contributed by atoms with Gasteiger partial charge in [0.1, 0.15) is 17.1 Å². The van der Waals surface area contributed by atoms with Crippen molar-refractivity contribution in [3.63, 3.8) is 0 Å². The zero-order valence-electron chi connectivity index (χ0n) is 27.4. The molecule has 6 rings (SSSR count). The van der Waals surface area contributed by atoms with Crippen molar-refractivity contribution in [1.29, 1.82) is 0 Å². The Hall–Kier alpha value is -5.88. The number of anilines is 5. The van der Waals surface area contributed by atoms with Crippen LogP contribution in [0.3, 0.4) is 0 Å². The second kappa shape index (κ2) is 14.8. The minimum absolute atomic E-state index is 0.0530. The van der Waals surface area contributed by atoms with Crippen LogP contribution in [0.2, 0.25) is 0 Å². The lowest BCUT2D eigenvalue weighted by Crippen LogP contribution is -2.44. The Morgan fingerprint density at radius 1 is 0.942 bits per heavy atom. The van der Waals surface area contributed by atoms with Crippen molar-refractivity contribution in [2.75, 3.05) is 61.6 Å². The molecule has 0 aliphatic carbocycles. The summed E-state index contributed by atoms with van der Waals surface area (Å²) in [7, 11) is 3.71. The number of nitrogens with two attached hydrogens (primary N) is 1. The Balaban J connectivity index is 1.24. The van der Waals surface area contributed by atoms with Crippen LogP contribution in [0.5, 0.6) is 11.5 Å². The van der Waals surface area contributed by atoms with Gasteiger partial charge in [0.05, 0.1) is 29.1 Å². The first-order valence-electron chi connectivity index (χ1n) is 15.5. The number of likely N-dealkylation sites (N-methyl/N-ethyl adjacent to an activating group) is 1. The molecule has 1 aliphatic rings. The number of carbonyl (C=O) groups excluding carboxylic acids is 2.